The van der Waals surface area contributed by atoms with Gasteiger partial charge in [0, 0.05) is 5.41 Å². The van der Waals surface area contributed by atoms with Crippen LogP contribution in [0.1, 0.15) is 40.0 Å². The van der Waals surface area contributed by atoms with Crippen LogP contribution in [0.3, 0.4) is 0 Å². The van der Waals surface area contributed by atoms with E-state index >= 15 is 0 Å². The van der Waals surface area contributed by atoms with Crippen LogP contribution in [0.25, 0.3) is 0 Å². The predicted molar refractivity (Wildman–Crippen MR) is 67.2 cm³/mol. The molecule has 2 aliphatic carbocycles. The normalized spacial score (nSPS) is 37.8. The van der Waals surface area contributed by atoms with Gasteiger partial charge in [-0.05, 0) is 42.4 Å². The summed E-state index contributed by atoms with van der Waals surface area (Å²) in [5.41, 5.74) is 0.380. The van der Waals surface area contributed by atoms with E-state index in [0.717, 1.165) is 24.6 Å². The molecule has 0 aliphatic heterocycles. The highest BCUT2D eigenvalue weighted by molar-refractivity contribution is 8.04. The van der Waals surface area contributed by atoms with Crippen LogP contribution < -0.4 is 0 Å². The first kappa shape index (κ1) is 12.8. The third-order valence-electron chi connectivity index (χ3n) is 5.24. The van der Waals surface area contributed by atoms with Gasteiger partial charge in [0.05, 0.1) is 0 Å². The number of esters is 1. The summed E-state index contributed by atoms with van der Waals surface area (Å²) in [4.78, 5) is 11.6. The minimum absolute atomic E-state index is 0.0445. The Morgan fingerprint density at radius 1 is 1.53 bits per heavy atom. The molecule has 0 N–H and O–H groups in total. The van der Waals surface area contributed by atoms with Crippen LogP contribution in [0.4, 0.5) is 0 Å². The third-order valence-corrected chi connectivity index (χ3v) is 5.75. The highest BCUT2D eigenvalue weighted by Crippen LogP contribution is 2.66. The van der Waals surface area contributed by atoms with Crippen LogP contribution in [0.15, 0.2) is 0 Å². The molecule has 2 rings (SSSR count). The Balaban J connectivity index is 2.01. The maximum Gasteiger partial charge on any atom is 0.317 e. The van der Waals surface area contributed by atoms with E-state index in [1.807, 2.05) is 5.40 Å². The molecular weight excluding hydrogens is 234 g/mol. The Bertz CT molecular complexity index is 374. The van der Waals surface area contributed by atoms with Gasteiger partial charge in [0.2, 0.25) is 0 Å². The van der Waals surface area contributed by atoms with Crippen molar-refractivity contribution in [1.29, 1.82) is 5.26 Å². The number of carbonyl (C=O) groups is 1. The van der Waals surface area contributed by atoms with Crippen molar-refractivity contribution in [1.82, 2.24) is 0 Å². The first-order chi connectivity index (χ1) is 7.91. The van der Waals surface area contributed by atoms with Gasteiger partial charge in [-0.3, -0.25) is 4.79 Å². The van der Waals surface area contributed by atoms with Crippen molar-refractivity contribution >= 4 is 17.7 Å². The Morgan fingerprint density at radius 2 is 2.24 bits per heavy atom. The summed E-state index contributed by atoms with van der Waals surface area (Å²) in [6.45, 7) is 6.83. The summed E-state index contributed by atoms with van der Waals surface area (Å²) >= 11 is 0.949. The Labute approximate surface area is 107 Å². The molecule has 0 aromatic carbocycles. The number of fused-ring (bicyclic) bond motifs is 2. The minimum atomic E-state index is -0.244. The van der Waals surface area contributed by atoms with Gasteiger partial charge in [0.15, 0.2) is 0 Å². The smallest absolute Gasteiger partial charge is 0.317 e. The number of hydrogen-bond donors (Lipinski definition) is 0. The Morgan fingerprint density at radius 3 is 2.71 bits per heavy atom. The van der Waals surface area contributed by atoms with Gasteiger partial charge in [-0.2, -0.15) is 5.26 Å². The molecule has 2 fully saturated rings. The molecule has 4 heteroatoms. The van der Waals surface area contributed by atoms with E-state index < -0.39 is 0 Å². The molecular formula is C13H19NO2S. The van der Waals surface area contributed by atoms with E-state index in [1.54, 1.807) is 0 Å². The third kappa shape index (κ3) is 1.85. The zero-order valence-electron chi connectivity index (χ0n) is 10.7. The summed E-state index contributed by atoms with van der Waals surface area (Å²) in [7, 11) is 0. The summed E-state index contributed by atoms with van der Waals surface area (Å²) in [6.07, 6.45) is 3.44. The molecule has 3 atom stereocenters. The molecule has 2 bridgehead atoms. The SMILES string of the molecule is CC1(C)C2CCC1(C)[C@H](OC(=O)CSC#N)C2. The van der Waals surface area contributed by atoms with E-state index in [1.165, 1.54) is 6.42 Å². The van der Waals surface area contributed by atoms with Crippen molar-refractivity contribution in [3.63, 3.8) is 0 Å². The molecule has 2 saturated carbocycles. The number of ether oxygens (including phenoxy) is 1. The van der Waals surface area contributed by atoms with Crippen LogP contribution >= 0.6 is 11.8 Å². The number of carbonyl (C=O) groups excluding carboxylic acids is 1. The lowest BCUT2D eigenvalue weighted by molar-refractivity contribution is -0.153. The summed E-state index contributed by atoms with van der Waals surface area (Å²) in [6, 6.07) is 0. The lowest BCUT2D eigenvalue weighted by Gasteiger charge is -2.38. The van der Waals surface area contributed by atoms with E-state index in [-0.39, 0.29) is 28.7 Å². The van der Waals surface area contributed by atoms with Crippen molar-refractivity contribution in [3.8, 4) is 5.40 Å². The van der Waals surface area contributed by atoms with Crippen molar-refractivity contribution in [2.75, 3.05) is 5.75 Å². The van der Waals surface area contributed by atoms with Gasteiger partial charge in [-0.15, -0.1) is 0 Å². The van der Waals surface area contributed by atoms with Gasteiger partial charge in [-0.1, -0.05) is 20.8 Å². The van der Waals surface area contributed by atoms with Gasteiger partial charge in [0.1, 0.15) is 17.3 Å². The van der Waals surface area contributed by atoms with E-state index in [4.69, 9.17) is 10.00 Å². The minimum Gasteiger partial charge on any atom is -0.461 e. The maximum atomic E-state index is 11.6. The van der Waals surface area contributed by atoms with Crippen molar-refractivity contribution in [3.05, 3.63) is 0 Å². The quantitative estimate of drug-likeness (QED) is 0.573. The van der Waals surface area contributed by atoms with Crippen molar-refractivity contribution in [2.24, 2.45) is 16.7 Å². The zero-order valence-corrected chi connectivity index (χ0v) is 11.5. The molecule has 0 aromatic rings. The topological polar surface area (TPSA) is 50.1 Å². The molecule has 94 valence electrons. The summed E-state index contributed by atoms with van der Waals surface area (Å²) < 4.78 is 5.58. The molecule has 0 heterocycles. The van der Waals surface area contributed by atoms with Crippen molar-refractivity contribution in [2.45, 2.75) is 46.1 Å². The first-order valence-electron chi connectivity index (χ1n) is 6.12. The number of rotatable bonds is 3. The molecule has 2 aliphatic rings. The van der Waals surface area contributed by atoms with Gasteiger partial charge >= 0.3 is 5.97 Å². The van der Waals surface area contributed by atoms with Crippen LogP contribution in [0, 0.1) is 27.4 Å². The van der Waals surface area contributed by atoms with E-state index in [0.29, 0.717) is 5.92 Å². The van der Waals surface area contributed by atoms with Crippen LogP contribution in [-0.4, -0.2) is 17.8 Å². The second-order valence-corrected chi connectivity index (χ2v) is 6.73. The molecule has 0 aromatic heterocycles. The highest BCUT2D eigenvalue weighted by Gasteiger charge is 2.62. The maximum absolute atomic E-state index is 11.6. The van der Waals surface area contributed by atoms with E-state index in [9.17, 15) is 4.79 Å². The number of thioether (sulfide) groups is 1. The number of nitriles is 1. The summed E-state index contributed by atoms with van der Waals surface area (Å²) in [5.74, 6) is 0.578. The largest absolute Gasteiger partial charge is 0.461 e. The van der Waals surface area contributed by atoms with Gasteiger partial charge in [0.25, 0.3) is 0 Å². The van der Waals surface area contributed by atoms with Crippen LogP contribution in [0.2, 0.25) is 0 Å². The van der Waals surface area contributed by atoms with Crippen LogP contribution in [-0.2, 0) is 9.53 Å². The first-order valence-corrected chi connectivity index (χ1v) is 7.11. The fourth-order valence-electron chi connectivity index (χ4n) is 3.59. The van der Waals surface area contributed by atoms with Crippen molar-refractivity contribution < 1.29 is 9.53 Å². The second kappa shape index (κ2) is 4.20. The number of thiocyanates is 1. The molecule has 0 spiro atoms. The molecule has 0 amide bonds. The highest BCUT2D eigenvalue weighted by atomic mass is 32.2. The van der Waals surface area contributed by atoms with E-state index in [2.05, 4.69) is 20.8 Å². The lowest BCUT2D eigenvalue weighted by atomic mass is 9.70. The monoisotopic (exact) mass is 253 g/mol. The Hall–Kier alpha value is -0.690. The summed E-state index contributed by atoms with van der Waals surface area (Å²) in [5, 5.41) is 10.3. The molecule has 0 saturated heterocycles. The number of nitrogens with zero attached hydrogens (tertiary/aromatic N) is 1. The fourth-order valence-corrected chi connectivity index (χ4v) is 3.84. The zero-order chi connectivity index (χ0) is 12.7. The molecule has 0 radical (unpaired) electrons. The standard InChI is InChI=1S/C13H19NO2S/c1-12(2)9-4-5-13(12,3)10(6-9)16-11(15)7-17-8-14/h9-10H,4-7H2,1-3H3/t9?,10-,13?/m1/s1. The second-order valence-electron chi connectivity index (χ2n) is 5.97. The van der Waals surface area contributed by atoms with Gasteiger partial charge < -0.3 is 4.74 Å². The average molecular weight is 253 g/mol. The average Bonchev–Trinajstić information content (AvgIpc) is 2.59. The van der Waals surface area contributed by atoms with Gasteiger partial charge in [-0.25, -0.2) is 0 Å². The fraction of sp³-hybridized carbons (Fsp3) is 0.846. The Kier molecular flexibility index (Phi) is 3.15. The molecule has 17 heavy (non-hydrogen) atoms. The predicted octanol–water partition coefficient (Wildman–Crippen LogP) is 2.96. The molecule has 2 unspecified atom stereocenters. The lowest BCUT2D eigenvalue weighted by Crippen LogP contribution is -2.38. The van der Waals surface area contributed by atoms with Crippen LogP contribution in [0.5, 0.6) is 0 Å². The number of hydrogen-bond acceptors (Lipinski definition) is 4. The molecule has 3 nitrogen and oxygen atoms in total.